The molecule has 4 aromatic rings. The van der Waals surface area contributed by atoms with Crippen LogP contribution in [0, 0.1) is 5.92 Å². The maximum Gasteiger partial charge on any atom is 0.407 e. The van der Waals surface area contributed by atoms with Gasteiger partial charge in [0.25, 0.3) is 0 Å². The third-order valence-corrected chi connectivity index (χ3v) is 8.20. The second-order valence-corrected chi connectivity index (χ2v) is 11.2. The lowest BCUT2D eigenvalue weighted by molar-refractivity contribution is -0.137. The number of aromatic nitrogens is 2. The molecule has 1 fully saturated rings. The molecule has 1 aromatic heterocycles. The van der Waals surface area contributed by atoms with E-state index in [0.717, 1.165) is 62.9 Å². The number of alkyl carbamates (subject to hydrolysis) is 1. The fourth-order valence-corrected chi connectivity index (χ4v) is 6.08. The molecule has 2 aliphatic heterocycles. The van der Waals surface area contributed by atoms with Crippen LogP contribution in [-0.2, 0) is 16.1 Å². The van der Waals surface area contributed by atoms with Crippen molar-refractivity contribution in [3.63, 3.8) is 0 Å². The van der Waals surface area contributed by atoms with Gasteiger partial charge in [-0.25, -0.2) is 9.78 Å². The predicted octanol–water partition coefficient (Wildman–Crippen LogP) is 6.36. The topological polar surface area (TPSA) is 96.5 Å². The number of nitrogens with one attached hydrogen (secondary N) is 2. The molecule has 0 aliphatic carbocycles. The van der Waals surface area contributed by atoms with E-state index in [9.17, 15) is 9.59 Å². The van der Waals surface area contributed by atoms with E-state index in [1.807, 2.05) is 49.9 Å². The first-order valence-corrected chi connectivity index (χ1v) is 13.7. The molecule has 0 radical (unpaired) electrons. The van der Waals surface area contributed by atoms with Crippen LogP contribution >= 0.6 is 11.6 Å². The van der Waals surface area contributed by atoms with Gasteiger partial charge in [-0.1, -0.05) is 31.5 Å². The summed E-state index contributed by atoms with van der Waals surface area (Å²) < 4.78 is 10.8. The van der Waals surface area contributed by atoms with Gasteiger partial charge in [0, 0.05) is 22.0 Å². The highest BCUT2D eigenvalue weighted by atomic mass is 35.5. The molecule has 3 heterocycles. The van der Waals surface area contributed by atoms with E-state index >= 15 is 0 Å². The van der Waals surface area contributed by atoms with Crippen molar-refractivity contribution < 1.29 is 19.1 Å². The van der Waals surface area contributed by atoms with Crippen LogP contribution in [0.3, 0.4) is 0 Å². The van der Waals surface area contributed by atoms with Crippen LogP contribution in [0.4, 0.5) is 4.79 Å². The maximum atomic E-state index is 13.7. The Kier molecular flexibility index (Phi) is 6.38. The van der Waals surface area contributed by atoms with E-state index in [4.69, 9.17) is 26.1 Å². The van der Waals surface area contributed by atoms with Crippen molar-refractivity contribution in [3.05, 3.63) is 58.9 Å². The number of amides is 2. The van der Waals surface area contributed by atoms with Gasteiger partial charge in [-0.2, -0.15) is 0 Å². The molecule has 0 saturated carbocycles. The van der Waals surface area contributed by atoms with Crippen LogP contribution in [0.25, 0.3) is 32.9 Å². The zero-order chi connectivity index (χ0) is 27.4. The molecule has 39 heavy (non-hydrogen) atoms. The summed E-state index contributed by atoms with van der Waals surface area (Å²) >= 11 is 6.18. The van der Waals surface area contributed by atoms with Gasteiger partial charge in [0.05, 0.1) is 24.2 Å². The maximum absolute atomic E-state index is 13.7. The predicted molar refractivity (Wildman–Crippen MR) is 151 cm³/mol. The van der Waals surface area contributed by atoms with Gasteiger partial charge in [0.2, 0.25) is 5.91 Å². The molecule has 2 amide bonds. The summed E-state index contributed by atoms with van der Waals surface area (Å²) in [7, 11) is 1.30. The summed E-state index contributed by atoms with van der Waals surface area (Å²) in [6.07, 6.45) is 1.03. The van der Waals surface area contributed by atoms with Crippen LogP contribution in [0.15, 0.2) is 42.5 Å². The third-order valence-electron chi connectivity index (χ3n) is 7.96. The molecule has 8 nitrogen and oxygen atoms in total. The number of fused-ring (bicyclic) bond motifs is 6. The minimum Gasteiger partial charge on any atom is -0.488 e. The molecular weight excluding hydrogens is 516 g/mol. The molecule has 9 heteroatoms. The molecule has 3 atom stereocenters. The Labute approximate surface area is 231 Å². The molecule has 0 spiro atoms. The van der Waals surface area contributed by atoms with E-state index in [1.165, 1.54) is 7.11 Å². The van der Waals surface area contributed by atoms with E-state index in [-0.39, 0.29) is 23.9 Å². The van der Waals surface area contributed by atoms with Gasteiger partial charge in [-0.15, -0.1) is 0 Å². The second kappa shape index (κ2) is 9.75. The number of nitrogens with zero attached hydrogens (tertiary/aromatic N) is 2. The van der Waals surface area contributed by atoms with E-state index in [2.05, 4.69) is 28.5 Å². The summed E-state index contributed by atoms with van der Waals surface area (Å²) in [5.74, 6) is 1.32. The number of halogens is 1. The summed E-state index contributed by atoms with van der Waals surface area (Å²) in [4.78, 5) is 36.1. The first kappa shape index (κ1) is 25.5. The molecule has 1 saturated heterocycles. The van der Waals surface area contributed by atoms with E-state index in [1.54, 1.807) is 0 Å². The largest absolute Gasteiger partial charge is 0.488 e. The normalized spacial score (nSPS) is 19.1. The van der Waals surface area contributed by atoms with Crippen molar-refractivity contribution in [2.24, 2.45) is 5.92 Å². The van der Waals surface area contributed by atoms with Crippen LogP contribution in [0.1, 0.15) is 51.0 Å². The quantitative estimate of drug-likeness (QED) is 0.310. The first-order valence-electron chi connectivity index (χ1n) is 13.3. The molecule has 202 valence electrons. The number of aromatic amines is 1. The fraction of sp³-hybridized carbons (Fsp3) is 0.367. The lowest BCUT2D eigenvalue weighted by Gasteiger charge is -2.32. The number of carbonyl (C=O) groups excluding carboxylic acids is 2. The number of ether oxygens (including phenoxy) is 2. The number of H-pyrrole nitrogens is 1. The average molecular weight is 547 g/mol. The number of hydrogen-bond acceptors (Lipinski definition) is 5. The molecule has 0 bridgehead atoms. The number of likely N-dealkylation sites (tertiary alicyclic amines) is 1. The van der Waals surface area contributed by atoms with Crippen LogP contribution < -0.4 is 10.1 Å². The third kappa shape index (κ3) is 4.36. The van der Waals surface area contributed by atoms with Crippen molar-refractivity contribution in [2.75, 3.05) is 7.11 Å². The Bertz CT molecular complexity index is 1610. The minimum absolute atomic E-state index is 0.0193. The van der Waals surface area contributed by atoms with Gasteiger partial charge in [-0.05, 0) is 78.6 Å². The molecule has 2 aliphatic rings. The Morgan fingerprint density at radius 1 is 1.15 bits per heavy atom. The summed E-state index contributed by atoms with van der Waals surface area (Å²) in [5, 5.41) is 5.52. The van der Waals surface area contributed by atoms with Gasteiger partial charge in [0.1, 0.15) is 24.2 Å². The van der Waals surface area contributed by atoms with Crippen molar-refractivity contribution in [1.29, 1.82) is 0 Å². The summed E-state index contributed by atoms with van der Waals surface area (Å²) in [5.41, 5.74) is 5.05. The number of imidazole rings is 1. The van der Waals surface area contributed by atoms with Gasteiger partial charge in [0.15, 0.2) is 0 Å². The molecule has 2 N–H and O–H groups in total. The van der Waals surface area contributed by atoms with Gasteiger partial charge < -0.3 is 24.7 Å². The number of benzene rings is 3. The first-order chi connectivity index (χ1) is 18.7. The Morgan fingerprint density at radius 2 is 1.97 bits per heavy atom. The van der Waals surface area contributed by atoms with Crippen LogP contribution in [0.5, 0.6) is 5.75 Å². The number of rotatable bonds is 4. The smallest absolute Gasteiger partial charge is 0.407 e. The lowest BCUT2D eigenvalue weighted by atomic mass is 9.93. The van der Waals surface area contributed by atoms with Crippen molar-refractivity contribution in [1.82, 2.24) is 20.2 Å². The summed E-state index contributed by atoms with van der Waals surface area (Å²) in [6, 6.07) is 13.3. The Balaban J connectivity index is 1.38. The lowest BCUT2D eigenvalue weighted by Crippen LogP contribution is -2.52. The van der Waals surface area contributed by atoms with Crippen LogP contribution in [-0.4, -0.2) is 46.1 Å². The number of hydrogen-bond donors (Lipinski definition) is 2. The fourth-order valence-electron chi connectivity index (χ4n) is 5.92. The molecule has 6 rings (SSSR count). The van der Waals surface area contributed by atoms with Crippen LogP contribution in [0.2, 0.25) is 5.02 Å². The zero-order valence-electron chi connectivity index (χ0n) is 22.4. The molecule has 3 aromatic carbocycles. The van der Waals surface area contributed by atoms with Gasteiger partial charge in [-0.3, -0.25) is 4.79 Å². The zero-order valence-corrected chi connectivity index (χ0v) is 23.1. The second-order valence-electron chi connectivity index (χ2n) is 10.8. The average Bonchev–Trinajstić information content (AvgIpc) is 3.53. The Hall–Kier alpha value is -3.78. The molecule has 0 unspecified atom stereocenters. The Morgan fingerprint density at radius 3 is 2.74 bits per heavy atom. The molecular formula is C30H31ClN4O4. The van der Waals surface area contributed by atoms with Crippen molar-refractivity contribution in [2.45, 2.75) is 58.3 Å². The standard InChI is InChI=1S/C30H31ClN4O4/c1-15(2)26(34-30(37)38-4)29(36)35-16(3)5-10-24(35)28-32-23-9-6-17-11-21-18(12-22(17)27(23)33-28)14-39-25-13-19(31)7-8-20(21)25/h6-9,11-13,15-16,24,26H,5,10,14H2,1-4H3,(H,32,33)(H,34,37)/t16-,24-,26-/m0/s1. The monoisotopic (exact) mass is 546 g/mol. The van der Waals surface area contributed by atoms with Crippen molar-refractivity contribution in [3.8, 4) is 16.9 Å². The van der Waals surface area contributed by atoms with Gasteiger partial charge >= 0.3 is 6.09 Å². The highest BCUT2D eigenvalue weighted by Gasteiger charge is 2.41. The van der Waals surface area contributed by atoms with Crippen molar-refractivity contribution >= 4 is 45.4 Å². The highest BCUT2D eigenvalue weighted by Crippen LogP contribution is 2.42. The number of carbonyl (C=O) groups is 2. The number of methoxy groups -OCH3 is 1. The highest BCUT2D eigenvalue weighted by molar-refractivity contribution is 6.30. The SMILES string of the molecule is COC(=O)N[C@H](C(=O)N1[C@@H](C)CC[C@H]1c1nc2ccc3cc4c(cc3c2[nH]1)COc1cc(Cl)ccc1-4)C(C)C. The van der Waals surface area contributed by atoms with E-state index < -0.39 is 12.1 Å². The minimum atomic E-state index is -0.685. The van der Waals surface area contributed by atoms with E-state index in [0.29, 0.717) is 11.6 Å². The summed E-state index contributed by atoms with van der Waals surface area (Å²) in [6.45, 7) is 6.34.